The van der Waals surface area contributed by atoms with Crippen molar-refractivity contribution in [3.8, 4) is 0 Å². The number of aromatic nitrogens is 4. The normalized spacial score (nSPS) is 26.7. The number of aliphatic hydroxyl groups is 3. The number of fused-ring (bicyclic) bond motifs is 1. The molecule has 1 aliphatic heterocycles. The van der Waals surface area contributed by atoms with Crippen LogP contribution in [0.25, 0.3) is 11.2 Å². The summed E-state index contributed by atoms with van der Waals surface area (Å²) >= 11 is 0. The van der Waals surface area contributed by atoms with E-state index in [9.17, 15) is 15.3 Å². The van der Waals surface area contributed by atoms with Gasteiger partial charge in [-0.25, -0.2) is 20.4 Å². The van der Waals surface area contributed by atoms with Gasteiger partial charge in [0.2, 0.25) is 5.95 Å². The van der Waals surface area contributed by atoms with Crippen LogP contribution in [0.4, 0.5) is 11.8 Å². The molecule has 3 heterocycles. The molecule has 0 aliphatic carbocycles. The molecule has 2 aromatic heterocycles. The summed E-state index contributed by atoms with van der Waals surface area (Å²) in [6.45, 7) is 3.15. The van der Waals surface area contributed by atoms with Crippen molar-refractivity contribution in [2.75, 3.05) is 17.8 Å². The Morgan fingerprint density at radius 2 is 2.12 bits per heavy atom. The van der Waals surface area contributed by atoms with Crippen molar-refractivity contribution in [2.45, 2.75) is 38.4 Å². The summed E-state index contributed by atoms with van der Waals surface area (Å²) in [5.41, 5.74) is 9.94. The number of nitrogens with two attached hydrogens (primary N) is 1. The van der Waals surface area contributed by atoms with Gasteiger partial charge in [-0.15, -0.1) is 0 Å². The van der Waals surface area contributed by atoms with Gasteiger partial charge in [0.25, 0.3) is 0 Å². The highest BCUT2D eigenvalue weighted by Crippen LogP contribution is 2.35. The van der Waals surface area contributed by atoms with Crippen molar-refractivity contribution < 1.29 is 20.1 Å². The number of hydrazone groups is 1. The Hall–Kier alpha value is -2.34. The first-order valence-electron chi connectivity index (χ1n) is 7.31. The zero-order valence-corrected chi connectivity index (χ0v) is 13.2. The molecule has 0 saturated carbocycles. The van der Waals surface area contributed by atoms with E-state index in [1.165, 1.54) is 10.9 Å². The van der Waals surface area contributed by atoms with Crippen LogP contribution < -0.4 is 11.2 Å². The fourth-order valence-electron chi connectivity index (χ4n) is 2.50. The third kappa shape index (κ3) is 2.67. The molecule has 11 heteroatoms. The minimum absolute atomic E-state index is 0.158. The van der Waals surface area contributed by atoms with Crippen molar-refractivity contribution in [1.29, 1.82) is 0 Å². The summed E-state index contributed by atoms with van der Waals surface area (Å²) in [4.78, 5) is 12.3. The zero-order chi connectivity index (χ0) is 17.4. The number of ether oxygens (including phenoxy) is 1. The molecule has 11 nitrogen and oxygen atoms in total. The zero-order valence-electron chi connectivity index (χ0n) is 13.2. The first-order chi connectivity index (χ1) is 11.4. The van der Waals surface area contributed by atoms with Gasteiger partial charge in [0, 0.05) is 5.71 Å². The standard InChI is InChI=1S/C13H19N7O4/c1-5(2)18-19-13-17-7-10(14)15-4-16-11(7)20(13)12-9(23)8(22)6(3-21)24-12/h4,6,8-9,12,21-23H,3H2,1-2H3,(H,17,19)(H2,14,15,16)/t6-,8+,9-,12-/m0/s1. The van der Waals surface area contributed by atoms with Crippen LogP contribution in [0.1, 0.15) is 20.1 Å². The van der Waals surface area contributed by atoms with Gasteiger partial charge in [-0.3, -0.25) is 4.57 Å². The minimum Gasteiger partial charge on any atom is -0.394 e. The van der Waals surface area contributed by atoms with Gasteiger partial charge in [0.05, 0.1) is 6.61 Å². The Morgan fingerprint density at radius 3 is 2.75 bits per heavy atom. The number of anilines is 2. The molecule has 1 saturated heterocycles. The molecule has 0 unspecified atom stereocenters. The van der Waals surface area contributed by atoms with Crippen LogP contribution >= 0.6 is 0 Å². The monoisotopic (exact) mass is 337 g/mol. The Morgan fingerprint density at radius 1 is 1.38 bits per heavy atom. The topological polar surface area (TPSA) is 164 Å². The molecule has 24 heavy (non-hydrogen) atoms. The molecular formula is C13H19N7O4. The molecule has 0 spiro atoms. The average molecular weight is 337 g/mol. The van der Waals surface area contributed by atoms with E-state index in [2.05, 4.69) is 25.5 Å². The van der Waals surface area contributed by atoms with Crippen LogP contribution in [-0.4, -0.2) is 65.5 Å². The number of nitrogens with zero attached hydrogens (tertiary/aromatic N) is 5. The molecule has 0 radical (unpaired) electrons. The van der Waals surface area contributed by atoms with E-state index in [1.54, 1.807) is 13.8 Å². The molecule has 0 bridgehead atoms. The quantitative estimate of drug-likeness (QED) is 0.341. The van der Waals surface area contributed by atoms with Gasteiger partial charge in [0.15, 0.2) is 23.2 Å². The van der Waals surface area contributed by atoms with Crippen LogP contribution in [0.3, 0.4) is 0 Å². The largest absolute Gasteiger partial charge is 0.394 e. The number of imidazole rings is 1. The van der Waals surface area contributed by atoms with Crippen LogP contribution in [0.2, 0.25) is 0 Å². The van der Waals surface area contributed by atoms with E-state index in [0.29, 0.717) is 11.2 Å². The lowest BCUT2D eigenvalue weighted by molar-refractivity contribution is -0.0501. The lowest BCUT2D eigenvalue weighted by Crippen LogP contribution is -2.33. The SMILES string of the molecule is CC(C)=NNc1nc2c(N)ncnc2n1[C@H]1O[C@@H](CO)[C@@H](O)[C@@H]1O. The summed E-state index contributed by atoms with van der Waals surface area (Å²) in [6, 6.07) is 0. The number of hydrogen-bond donors (Lipinski definition) is 5. The van der Waals surface area contributed by atoms with Crippen molar-refractivity contribution in [3.05, 3.63) is 6.33 Å². The highest BCUT2D eigenvalue weighted by atomic mass is 16.6. The molecule has 3 rings (SSSR count). The highest BCUT2D eigenvalue weighted by molar-refractivity contribution is 5.84. The number of nitrogen functional groups attached to an aromatic ring is 1. The molecule has 0 amide bonds. The van der Waals surface area contributed by atoms with Crippen molar-refractivity contribution in [1.82, 2.24) is 19.5 Å². The second-order valence-corrected chi connectivity index (χ2v) is 5.64. The van der Waals surface area contributed by atoms with Crippen LogP contribution in [0.5, 0.6) is 0 Å². The predicted molar refractivity (Wildman–Crippen MR) is 85.2 cm³/mol. The lowest BCUT2D eigenvalue weighted by atomic mass is 10.1. The van der Waals surface area contributed by atoms with Gasteiger partial charge in [-0.05, 0) is 13.8 Å². The fraction of sp³-hybridized carbons (Fsp3) is 0.538. The maximum Gasteiger partial charge on any atom is 0.228 e. The predicted octanol–water partition coefficient (Wildman–Crippen LogP) is -1.17. The third-order valence-electron chi connectivity index (χ3n) is 3.66. The van der Waals surface area contributed by atoms with Gasteiger partial charge >= 0.3 is 0 Å². The number of hydrogen-bond acceptors (Lipinski definition) is 10. The summed E-state index contributed by atoms with van der Waals surface area (Å²) in [6.07, 6.45) is -3.23. The van der Waals surface area contributed by atoms with E-state index in [1.807, 2.05) is 0 Å². The van der Waals surface area contributed by atoms with E-state index in [0.717, 1.165) is 5.71 Å². The van der Waals surface area contributed by atoms with Gasteiger partial charge in [-0.1, -0.05) is 0 Å². The van der Waals surface area contributed by atoms with E-state index in [4.69, 9.17) is 10.5 Å². The van der Waals surface area contributed by atoms with Crippen LogP contribution in [0, 0.1) is 0 Å². The molecule has 1 fully saturated rings. The van der Waals surface area contributed by atoms with Crippen molar-refractivity contribution >= 4 is 28.6 Å². The Bertz CT molecular complexity index is 773. The van der Waals surface area contributed by atoms with Crippen LogP contribution in [-0.2, 0) is 4.74 Å². The molecule has 6 N–H and O–H groups in total. The maximum absolute atomic E-state index is 10.3. The van der Waals surface area contributed by atoms with E-state index < -0.39 is 31.1 Å². The van der Waals surface area contributed by atoms with Crippen LogP contribution in [0.15, 0.2) is 11.4 Å². The molecule has 4 atom stereocenters. The number of nitrogens with one attached hydrogen (secondary N) is 1. The Balaban J connectivity index is 2.13. The molecule has 130 valence electrons. The summed E-state index contributed by atoms with van der Waals surface area (Å²) in [5, 5.41) is 33.6. The Kier molecular flexibility index (Phi) is 4.32. The second-order valence-electron chi connectivity index (χ2n) is 5.64. The number of rotatable bonds is 4. The van der Waals surface area contributed by atoms with E-state index in [-0.39, 0.29) is 11.8 Å². The first-order valence-corrected chi connectivity index (χ1v) is 7.31. The van der Waals surface area contributed by atoms with Gasteiger partial charge in [-0.2, -0.15) is 5.10 Å². The minimum atomic E-state index is -1.29. The van der Waals surface area contributed by atoms with Crippen molar-refractivity contribution in [3.63, 3.8) is 0 Å². The first kappa shape index (κ1) is 16.5. The second kappa shape index (κ2) is 6.28. The highest BCUT2D eigenvalue weighted by Gasteiger charge is 2.45. The summed E-state index contributed by atoms with van der Waals surface area (Å²) in [5.74, 6) is 0.374. The van der Waals surface area contributed by atoms with Gasteiger partial charge in [0.1, 0.15) is 24.6 Å². The summed E-state index contributed by atoms with van der Waals surface area (Å²) in [7, 11) is 0. The van der Waals surface area contributed by atoms with Gasteiger partial charge < -0.3 is 25.8 Å². The Labute approximate surface area is 136 Å². The summed E-state index contributed by atoms with van der Waals surface area (Å²) < 4.78 is 6.99. The molecule has 1 aliphatic rings. The lowest BCUT2D eigenvalue weighted by Gasteiger charge is -2.18. The maximum atomic E-state index is 10.3. The number of aliphatic hydroxyl groups excluding tert-OH is 3. The molecule has 2 aromatic rings. The molecule has 0 aromatic carbocycles. The third-order valence-corrected chi connectivity index (χ3v) is 3.66. The average Bonchev–Trinajstić information content (AvgIpc) is 3.05. The molecular weight excluding hydrogens is 318 g/mol. The van der Waals surface area contributed by atoms with Crippen molar-refractivity contribution in [2.24, 2.45) is 5.10 Å². The van der Waals surface area contributed by atoms with E-state index >= 15 is 0 Å². The smallest absolute Gasteiger partial charge is 0.228 e. The fourth-order valence-corrected chi connectivity index (χ4v) is 2.50.